The molecule has 31 heavy (non-hydrogen) atoms. The molecule has 166 valence electrons. The summed E-state index contributed by atoms with van der Waals surface area (Å²) in [5, 5.41) is 0. The molecule has 0 unspecified atom stereocenters. The first-order valence-electron chi connectivity index (χ1n) is 11.0. The number of rotatable bonds is 4. The Bertz CT molecular complexity index is 1020. The molecule has 0 aliphatic carbocycles. The van der Waals surface area contributed by atoms with Crippen molar-refractivity contribution >= 4 is 23.2 Å². The Hall–Kier alpha value is -3.03. The average molecular weight is 427 g/mol. The molecule has 8 nitrogen and oxygen atoms in total. The maximum Gasteiger partial charge on any atom is 0.409 e. The second kappa shape index (κ2) is 8.61. The normalized spacial score (nSPS) is 19.8. The zero-order chi connectivity index (χ0) is 22.1. The van der Waals surface area contributed by atoms with Gasteiger partial charge in [-0.1, -0.05) is 12.1 Å². The number of anilines is 3. The Kier molecular flexibility index (Phi) is 5.89. The van der Waals surface area contributed by atoms with E-state index in [9.17, 15) is 14.4 Å². The first kappa shape index (κ1) is 21.2. The van der Waals surface area contributed by atoms with Gasteiger partial charge in [0.25, 0.3) is 10.9 Å². The van der Waals surface area contributed by atoms with Crippen molar-refractivity contribution < 1.29 is 9.53 Å². The third kappa shape index (κ3) is 3.98. The SMILES string of the molecule is CCOC(=O)N1CCN(c2c(N3CCN(c4cccc(C)c4)[C@@H](C)C3)c(=O)c2=O)CC1. The van der Waals surface area contributed by atoms with Gasteiger partial charge in [-0.05, 0) is 38.5 Å². The molecular weight excluding hydrogens is 396 g/mol. The Balaban J connectivity index is 1.45. The Morgan fingerprint density at radius 1 is 1.00 bits per heavy atom. The Labute approximate surface area is 182 Å². The number of hydrogen-bond acceptors (Lipinski definition) is 7. The molecule has 2 aromatic rings. The van der Waals surface area contributed by atoms with Gasteiger partial charge >= 0.3 is 6.09 Å². The minimum atomic E-state index is -0.409. The molecule has 0 radical (unpaired) electrons. The molecule has 2 heterocycles. The van der Waals surface area contributed by atoms with Gasteiger partial charge in [0.1, 0.15) is 11.4 Å². The molecule has 2 aromatic carbocycles. The van der Waals surface area contributed by atoms with Crippen LogP contribution in [0.1, 0.15) is 19.4 Å². The van der Waals surface area contributed by atoms with Gasteiger partial charge in [-0.25, -0.2) is 4.79 Å². The molecule has 1 atom stereocenters. The maximum absolute atomic E-state index is 12.5. The fourth-order valence-corrected chi connectivity index (χ4v) is 4.63. The molecular formula is C23H30N4O4. The van der Waals surface area contributed by atoms with Gasteiger partial charge in [0.05, 0.1) is 6.61 Å². The molecule has 0 spiro atoms. The highest BCUT2D eigenvalue weighted by Crippen LogP contribution is 2.29. The molecule has 0 aromatic heterocycles. The molecule has 2 saturated heterocycles. The summed E-state index contributed by atoms with van der Waals surface area (Å²) in [6.07, 6.45) is -0.325. The third-order valence-electron chi connectivity index (χ3n) is 6.26. The summed E-state index contributed by atoms with van der Waals surface area (Å²) in [5.74, 6) is 0. The summed E-state index contributed by atoms with van der Waals surface area (Å²) >= 11 is 0. The summed E-state index contributed by atoms with van der Waals surface area (Å²) in [6, 6.07) is 8.66. The second-order valence-electron chi connectivity index (χ2n) is 8.36. The van der Waals surface area contributed by atoms with Crippen LogP contribution in [0.5, 0.6) is 0 Å². The maximum atomic E-state index is 12.5. The molecule has 1 amide bonds. The number of hydrogen-bond donors (Lipinski definition) is 0. The molecule has 4 rings (SSSR count). The van der Waals surface area contributed by atoms with Crippen LogP contribution in [-0.4, -0.2) is 69.5 Å². The van der Waals surface area contributed by atoms with Crippen LogP contribution in [0.4, 0.5) is 21.9 Å². The zero-order valence-corrected chi connectivity index (χ0v) is 18.5. The zero-order valence-electron chi connectivity index (χ0n) is 18.5. The number of nitrogens with zero attached hydrogens (tertiary/aromatic N) is 4. The minimum absolute atomic E-state index is 0.216. The van der Waals surface area contributed by atoms with Gasteiger partial charge in [-0.2, -0.15) is 0 Å². The van der Waals surface area contributed by atoms with Crippen LogP contribution in [0.25, 0.3) is 0 Å². The Morgan fingerprint density at radius 2 is 1.65 bits per heavy atom. The van der Waals surface area contributed by atoms with E-state index in [4.69, 9.17) is 4.74 Å². The molecule has 0 N–H and O–H groups in total. The number of piperazine rings is 2. The first-order valence-corrected chi connectivity index (χ1v) is 11.0. The van der Waals surface area contributed by atoms with Crippen molar-refractivity contribution in [1.29, 1.82) is 0 Å². The number of aryl methyl sites for hydroxylation is 1. The number of amides is 1. The number of benzene rings is 1. The second-order valence-corrected chi connectivity index (χ2v) is 8.36. The molecule has 0 saturated carbocycles. The molecule has 0 bridgehead atoms. The molecule has 2 fully saturated rings. The van der Waals surface area contributed by atoms with Gasteiger partial charge in [0.2, 0.25) is 0 Å². The van der Waals surface area contributed by atoms with Crippen molar-refractivity contribution in [3.8, 4) is 0 Å². The van der Waals surface area contributed by atoms with Gasteiger partial charge in [0.15, 0.2) is 0 Å². The minimum Gasteiger partial charge on any atom is -0.450 e. The summed E-state index contributed by atoms with van der Waals surface area (Å²) in [6.45, 7) is 10.5. The van der Waals surface area contributed by atoms with Crippen LogP contribution in [-0.2, 0) is 4.74 Å². The van der Waals surface area contributed by atoms with Gasteiger partial charge in [-0.3, -0.25) is 9.59 Å². The summed E-state index contributed by atoms with van der Waals surface area (Å²) in [4.78, 5) is 44.9. The van der Waals surface area contributed by atoms with Crippen LogP contribution in [0.2, 0.25) is 0 Å². The van der Waals surface area contributed by atoms with E-state index in [2.05, 4.69) is 47.9 Å². The van der Waals surface area contributed by atoms with Crippen molar-refractivity contribution in [2.24, 2.45) is 0 Å². The number of carbonyl (C=O) groups excluding carboxylic acids is 1. The molecule has 8 heteroatoms. The van der Waals surface area contributed by atoms with E-state index < -0.39 is 5.43 Å². The largest absolute Gasteiger partial charge is 0.450 e. The highest BCUT2D eigenvalue weighted by Gasteiger charge is 2.35. The van der Waals surface area contributed by atoms with Crippen LogP contribution in [0.15, 0.2) is 33.9 Å². The van der Waals surface area contributed by atoms with E-state index in [1.165, 1.54) is 11.3 Å². The predicted octanol–water partition coefficient (Wildman–Crippen LogP) is 1.58. The number of ether oxygens (including phenoxy) is 1. The van der Waals surface area contributed by atoms with E-state index >= 15 is 0 Å². The third-order valence-corrected chi connectivity index (χ3v) is 6.26. The number of carbonyl (C=O) groups is 1. The lowest BCUT2D eigenvalue weighted by Gasteiger charge is -2.44. The van der Waals surface area contributed by atoms with E-state index in [0.29, 0.717) is 57.3 Å². The summed E-state index contributed by atoms with van der Waals surface area (Å²) in [7, 11) is 0. The summed E-state index contributed by atoms with van der Waals surface area (Å²) in [5.41, 5.74) is 2.67. The fourth-order valence-electron chi connectivity index (χ4n) is 4.63. The van der Waals surface area contributed by atoms with Gasteiger partial charge < -0.3 is 24.3 Å². The lowest BCUT2D eigenvalue weighted by atomic mass is 10.1. The average Bonchev–Trinajstić information content (AvgIpc) is 2.77. The van der Waals surface area contributed by atoms with Crippen LogP contribution in [0, 0.1) is 6.92 Å². The fraction of sp³-hybridized carbons (Fsp3) is 0.522. The van der Waals surface area contributed by atoms with Crippen LogP contribution < -0.4 is 25.6 Å². The monoisotopic (exact) mass is 426 g/mol. The van der Waals surface area contributed by atoms with Crippen LogP contribution >= 0.6 is 0 Å². The van der Waals surface area contributed by atoms with E-state index in [-0.39, 0.29) is 17.6 Å². The predicted molar refractivity (Wildman–Crippen MR) is 122 cm³/mol. The highest BCUT2D eigenvalue weighted by atomic mass is 16.6. The molecule has 2 aliphatic heterocycles. The van der Waals surface area contributed by atoms with Crippen molar-refractivity contribution in [3.63, 3.8) is 0 Å². The lowest BCUT2D eigenvalue weighted by Crippen LogP contribution is -2.58. The van der Waals surface area contributed by atoms with E-state index in [0.717, 1.165) is 6.54 Å². The standard InChI is InChI=1S/C23H30N4O4/c1-4-31-23(30)25-10-8-24(9-11-25)19-20(22(29)21(19)28)26-12-13-27(17(3)15-26)18-7-5-6-16(2)14-18/h5-7,14,17H,4,8-13,15H2,1-3H3/t17-/m0/s1. The van der Waals surface area contributed by atoms with Crippen molar-refractivity contribution in [2.45, 2.75) is 26.8 Å². The van der Waals surface area contributed by atoms with Crippen molar-refractivity contribution in [1.82, 2.24) is 4.90 Å². The van der Waals surface area contributed by atoms with Gasteiger partial charge in [-0.15, -0.1) is 0 Å². The first-order chi connectivity index (χ1) is 14.9. The summed E-state index contributed by atoms with van der Waals surface area (Å²) < 4.78 is 5.06. The molecule has 2 aliphatic rings. The Morgan fingerprint density at radius 3 is 2.26 bits per heavy atom. The van der Waals surface area contributed by atoms with E-state index in [1.54, 1.807) is 11.8 Å². The van der Waals surface area contributed by atoms with Crippen molar-refractivity contribution in [2.75, 3.05) is 67.1 Å². The lowest BCUT2D eigenvalue weighted by molar-refractivity contribution is 0.105. The van der Waals surface area contributed by atoms with Gasteiger partial charge in [0, 0.05) is 57.5 Å². The van der Waals surface area contributed by atoms with Crippen LogP contribution in [0.3, 0.4) is 0 Å². The topological polar surface area (TPSA) is 73.4 Å². The van der Waals surface area contributed by atoms with Crippen molar-refractivity contribution in [3.05, 3.63) is 50.3 Å². The quantitative estimate of drug-likeness (QED) is 0.688. The van der Waals surface area contributed by atoms with E-state index in [1.807, 2.05) is 4.90 Å². The highest BCUT2D eigenvalue weighted by molar-refractivity contribution is 5.77. The smallest absolute Gasteiger partial charge is 0.409 e.